The predicted molar refractivity (Wildman–Crippen MR) is 60.3 cm³/mol. The Bertz CT molecular complexity index is 169. The van der Waals surface area contributed by atoms with Crippen molar-refractivity contribution < 1.29 is 5.11 Å². The zero-order valence-electron chi connectivity index (χ0n) is 9.45. The molecule has 1 heterocycles. The Kier molecular flexibility index (Phi) is 5.20. The number of aliphatic hydroxyl groups excluding tert-OH is 1. The standard InChI is InChI=1S/C12H23NO/c1-11(2)13-8-6-12(7-9-13)5-3-4-10-14/h3,5,11-12,14H,4,6-10H2,1-2H3/b5-3-. The fourth-order valence-electron chi connectivity index (χ4n) is 1.99. The molecule has 0 aromatic heterocycles. The van der Waals surface area contributed by atoms with Crippen molar-refractivity contribution in [3.05, 3.63) is 12.2 Å². The molecule has 0 aromatic carbocycles. The van der Waals surface area contributed by atoms with Crippen molar-refractivity contribution in [1.82, 2.24) is 4.90 Å². The molecule has 1 fully saturated rings. The minimum Gasteiger partial charge on any atom is -0.396 e. The van der Waals surface area contributed by atoms with Crippen LogP contribution in [0, 0.1) is 5.92 Å². The van der Waals surface area contributed by atoms with Gasteiger partial charge in [0.05, 0.1) is 0 Å². The number of piperidine rings is 1. The fourth-order valence-corrected chi connectivity index (χ4v) is 1.99. The lowest BCUT2D eigenvalue weighted by Crippen LogP contribution is -2.38. The van der Waals surface area contributed by atoms with Crippen molar-refractivity contribution in [1.29, 1.82) is 0 Å². The van der Waals surface area contributed by atoms with Gasteiger partial charge in [-0.25, -0.2) is 0 Å². The van der Waals surface area contributed by atoms with Crippen LogP contribution in [0.4, 0.5) is 0 Å². The zero-order chi connectivity index (χ0) is 10.4. The Morgan fingerprint density at radius 3 is 2.50 bits per heavy atom. The van der Waals surface area contributed by atoms with Crippen LogP contribution in [0.3, 0.4) is 0 Å². The average Bonchev–Trinajstić information content (AvgIpc) is 2.19. The first-order chi connectivity index (χ1) is 6.74. The molecule has 82 valence electrons. The highest BCUT2D eigenvalue weighted by molar-refractivity contribution is 4.91. The van der Waals surface area contributed by atoms with Crippen LogP contribution in [0.5, 0.6) is 0 Å². The maximum Gasteiger partial charge on any atom is 0.0465 e. The van der Waals surface area contributed by atoms with Gasteiger partial charge in [-0.05, 0) is 52.1 Å². The molecule has 0 amide bonds. The molecule has 0 unspecified atom stereocenters. The third kappa shape index (κ3) is 3.81. The van der Waals surface area contributed by atoms with Gasteiger partial charge in [0.25, 0.3) is 0 Å². The Morgan fingerprint density at radius 2 is 2.00 bits per heavy atom. The molecule has 1 saturated heterocycles. The molecule has 1 N–H and O–H groups in total. The number of hydrogen-bond acceptors (Lipinski definition) is 2. The highest BCUT2D eigenvalue weighted by atomic mass is 16.2. The van der Waals surface area contributed by atoms with Gasteiger partial charge in [0.1, 0.15) is 0 Å². The molecular formula is C12H23NO. The smallest absolute Gasteiger partial charge is 0.0465 e. The summed E-state index contributed by atoms with van der Waals surface area (Å²) in [4.78, 5) is 2.54. The normalized spacial score (nSPS) is 21.1. The summed E-state index contributed by atoms with van der Waals surface area (Å²) in [7, 11) is 0. The van der Waals surface area contributed by atoms with Crippen molar-refractivity contribution in [2.24, 2.45) is 5.92 Å². The van der Waals surface area contributed by atoms with E-state index in [1.54, 1.807) is 0 Å². The van der Waals surface area contributed by atoms with Crippen LogP contribution in [0.25, 0.3) is 0 Å². The van der Waals surface area contributed by atoms with Crippen LogP contribution in [-0.2, 0) is 0 Å². The van der Waals surface area contributed by atoms with E-state index in [2.05, 4.69) is 30.9 Å². The van der Waals surface area contributed by atoms with Crippen molar-refractivity contribution in [2.75, 3.05) is 19.7 Å². The fraction of sp³-hybridized carbons (Fsp3) is 0.833. The maximum atomic E-state index is 8.65. The maximum absolute atomic E-state index is 8.65. The molecule has 0 bridgehead atoms. The van der Waals surface area contributed by atoms with Crippen molar-refractivity contribution in [3.8, 4) is 0 Å². The second kappa shape index (κ2) is 6.20. The molecule has 2 nitrogen and oxygen atoms in total. The minimum absolute atomic E-state index is 0.279. The Hall–Kier alpha value is -0.340. The zero-order valence-corrected chi connectivity index (χ0v) is 9.45. The highest BCUT2D eigenvalue weighted by Gasteiger charge is 2.18. The molecule has 0 aliphatic carbocycles. The summed E-state index contributed by atoms with van der Waals surface area (Å²) < 4.78 is 0. The van der Waals surface area contributed by atoms with Crippen LogP contribution in [-0.4, -0.2) is 35.7 Å². The molecule has 0 spiro atoms. The van der Waals surface area contributed by atoms with Crippen LogP contribution in [0.15, 0.2) is 12.2 Å². The Morgan fingerprint density at radius 1 is 1.36 bits per heavy atom. The summed E-state index contributed by atoms with van der Waals surface area (Å²) in [5, 5.41) is 8.65. The second-order valence-electron chi connectivity index (χ2n) is 4.41. The summed E-state index contributed by atoms with van der Waals surface area (Å²) in [6, 6.07) is 0.692. The van der Waals surface area contributed by atoms with Gasteiger partial charge in [-0.3, -0.25) is 0 Å². The molecule has 0 atom stereocenters. The van der Waals surface area contributed by atoms with Gasteiger partial charge >= 0.3 is 0 Å². The summed E-state index contributed by atoms with van der Waals surface area (Å²) >= 11 is 0. The van der Waals surface area contributed by atoms with Crippen molar-refractivity contribution >= 4 is 0 Å². The van der Waals surface area contributed by atoms with E-state index in [-0.39, 0.29) is 6.61 Å². The van der Waals surface area contributed by atoms with E-state index >= 15 is 0 Å². The number of hydrogen-bond donors (Lipinski definition) is 1. The van der Waals surface area contributed by atoms with E-state index in [0.717, 1.165) is 12.3 Å². The number of aliphatic hydroxyl groups is 1. The molecule has 0 radical (unpaired) electrons. The molecular weight excluding hydrogens is 174 g/mol. The van der Waals surface area contributed by atoms with Gasteiger partial charge in [0.2, 0.25) is 0 Å². The van der Waals surface area contributed by atoms with Crippen molar-refractivity contribution in [3.63, 3.8) is 0 Å². The molecule has 1 aliphatic rings. The molecule has 14 heavy (non-hydrogen) atoms. The quantitative estimate of drug-likeness (QED) is 0.697. The molecule has 1 aliphatic heterocycles. The van der Waals surface area contributed by atoms with Crippen LogP contribution >= 0.6 is 0 Å². The molecule has 1 rings (SSSR count). The van der Waals surface area contributed by atoms with Gasteiger partial charge < -0.3 is 10.0 Å². The first-order valence-electron chi connectivity index (χ1n) is 5.75. The lowest BCUT2D eigenvalue weighted by Gasteiger charge is -2.33. The number of allylic oxidation sites excluding steroid dienone is 1. The number of likely N-dealkylation sites (tertiary alicyclic amines) is 1. The monoisotopic (exact) mass is 197 g/mol. The Labute approximate surface area is 87.6 Å². The molecule has 2 heteroatoms. The largest absolute Gasteiger partial charge is 0.396 e. The lowest BCUT2D eigenvalue weighted by molar-refractivity contribution is 0.164. The van der Waals surface area contributed by atoms with Crippen LogP contribution in [0.2, 0.25) is 0 Å². The van der Waals surface area contributed by atoms with Gasteiger partial charge in [0.15, 0.2) is 0 Å². The van der Waals surface area contributed by atoms with Crippen molar-refractivity contribution in [2.45, 2.75) is 39.2 Å². The highest BCUT2D eigenvalue weighted by Crippen LogP contribution is 2.19. The van der Waals surface area contributed by atoms with Crippen LogP contribution in [0.1, 0.15) is 33.1 Å². The van der Waals surface area contributed by atoms with Gasteiger partial charge in [-0.2, -0.15) is 0 Å². The van der Waals surface area contributed by atoms with E-state index in [1.807, 2.05) is 0 Å². The second-order valence-corrected chi connectivity index (χ2v) is 4.41. The third-order valence-electron chi connectivity index (χ3n) is 3.01. The third-order valence-corrected chi connectivity index (χ3v) is 3.01. The van der Waals surface area contributed by atoms with E-state index in [9.17, 15) is 0 Å². The Balaban J connectivity index is 2.22. The van der Waals surface area contributed by atoms with E-state index in [4.69, 9.17) is 5.11 Å². The van der Waals surface area contributed by atoms with E-state index < -0.39 is 0 Å². The summed E-state index contributed by atoms with van der Waals surface area (Å²) in [5.41, 5.74) is 0. The number of nitrogens with zero attached hydrogens (tertiary/aromatic N) is 1. The summed E-state index contributed by atoms with van der Waals surface area (Å²) in [6.07, 6.45) is 7.77. The first-order valence-corrected chi connectivity index (χ1v) is 5.75. The SMILES string of the molecule is CC(C)N1CCC(/C=C\CCO)CC1. The van der Waals surface area contributed by atoms with Gasteiger partial charge in [-0.15, -0.1) is 0 Å². The molecule has 0 aromatic rings. The summed E-state index contributed by atoms with van der Waals surface area (Å²) in [6.45, 7) is 7.27. The average molecular weight is 197 g/mol. The number of rotatable bonds is 4. The van der Waals surface area contributed by atoms with Crippen LogP contribution < -0.4 is 0 Å². The summed E-state index contributed by atoms with van der Waals surface area (Å²) in [5.74, 6) is 0.747. The lowest BCUT2D eigenvalue weighted by atomic mass is 9.95. The minimum atomic E-state index is 0.279. The molecule has 0 saturated carbocycles. The predicted octanol–water partition coefficient (Wildman–Crippen LogP) is 2.05. The van der Waals surface area contributed by atoms with E-state index in [1.165, 1.54) is 25.9 Å². The van der Waals surface area contributed by atoms with Gasteiger partial charge in [0, 0.05) is 12.6 Å². The van der Waals surface area contributed by atoms with Gasteiger partial charge in [-0.1, -0.05) is 12.2 Å². The topological polar surface area (TPSA) is 23.5 Å². The first kappa shape index (κ1) is 11.7. The van der Waals surface area contributed by atoms with E-state index in [0.29, 0.717) is 6.04 Å².